The van der Waals surface area contributed by atoms with E-state index in [0.717, 1.165) is 11.3 Å². The highest BCUT2D eigenvalue weighted by Gasteiger charge is 2.11. The largest absolute Gasteiger partial charge is 0.346 e. The third kappa shape index (κ3) is 3.45. The lowest BCUT2D eigenvalue weighted by Crippen LogP contribution is -2.26. The Morgan fingerprint density at radius 1 is 1.09 bits per heavy atom. The normalized spacial score (nSPS) is 11.9. The van der Waals surface area contributed by atoms with Gasteiger partial charge in [-0.1, -0.05) is 29.8 Å². The number of hydrogen-bond acceptors (Lipinski definition) is 3. The van der Waals surface area contributed by atoms with Crippen LogP contribution in [-0.4, -0.2) is 20.7 Å². The minimum atomic E-state index is -0.0942. The number of rotatable bonds is 4. The number of nitrogens with zero attached hydrogens (tertiary/aromatic N) is 3. The molecule has 1 aromatic heterocycles. The van der Waals surface area contributed by atoms with Crippen LogP contribution in [0.3, 0.4) is 0 Å². The molecule has 0 saturated heterocycles. The molecule has 23 heavy (non-hydrogen) atoms. The lowest BCUT2D eigenvalue weighted by Gasteiger charge is -2.15. The minimum absolute atomic E-state index is 0.0434. The molecule has 0 aliphatic rings. The van der Waals surface area contributed by atoms with E-state index < -0.39 is 0 Å². The second-order valence-electron chi connectivity index (χ2n) is 5.49. The summed E-state index contributed by atoms with van der Waals surface area (Å²) in [5.74, 6) is -0.0942. The molecule has 1 N–H and O–H groups in total. The zero-order chi connectivity index (χ0) is 16.2. The first-order chi connectivity index (χ1) is 11.1. The van der Waals surface area contributed by atoms with Crippen molar-refractivity contribution in [3.63, 3.8) is 0 Å². The lowest BCUT2D eigenvalue weighted by molar-refractivity contribution is 0.0940. The maximum atomic E-state index is 12.3. The van der Waals surface area contributed by atoms with Crippen LogP contribution in [0.2, 0.25) is 0 Å². The molecule has 116 valence electrons. The molecule has 3 aromatic rings. The fourth-order valence-electron chi connectivity index (χ4n) is 2.33. The molecule has 5 nitrogen and oxygen atoms in total. The second kappa shape index (κ2) is 6.44. The third-order valence-electron chi connectivity index (χ3n) is 3.74. The van der Waals surface area contributed by atoms with Crippen LogP contribution in [0.1, 0.15) is 34.5 Å². The molecule has 0 aliphatic carbocycles. The van der Waals surface area contributed by atoms with Gasteiger partial charge in [0.05, 0.1) is 11.7 Å². The highest BCUT2D eigenvalue weighted by molar-refractivity contribution is 5.94. The molecule has 2 aromatic carbocycles. The summed E-state index contributed by atoms with van der Waals surface area (Å²) in [7, 11) is 0. The van der Waals surface area contributed by atoms with Gasteiger partial charge in [0, 0.05) is 5.56 Å². The molecule has 0 radical (unpaired) electrons. The first kappa shape index (κ1) is 15.0. The van der Waals surface area contributed by atoms with Gasteiger partial charge in [-0.25, -0.2) is 9.67 Å². The molecule has 0 aliphatic heterocycles. The summed E-state index contributed by atoms with van der Waals surface area (Å²) in [6, 6.07) is 15.4. The van der Waals surface area contributed by atoms with Crippen molar-refractivity contribution in [1.29, 1.82) is 0 Å². The van der Waals surface area contributed by atoms with Crippen LogP contribution >= 0.6 is 0 Å². The van der Waals surface area contributed by atoms with Crippen LogP contribution in [0.15, 0.2) is 61.2 Å². The SMILES string of the molecule is Cc1ccc(C(C)NC(=O)c2ccc(-n3cncn3)cc2)cc1. The van der Waals surface area contributed by atoms with Gasteiger partial charge in [-0.15, -0.1) is 0 Å². The van der Waals surface area contributed by atoms with Crippen LogP contribution in [0.25, 0.3) is 5.69 Å². The van der Waals surface area contributed by atoms with Gasteiger partial charge < -0.3 is 5.32 Å². The van der Waals surface area contributed by atoms with E-state index in [1.54, 1.807) is 23.1 Å². The van der Waals surface area contributed by atoms with Gasteiger partial charge in [0.15, 0.2) is 0 Å². The van der Waals surface area contributed by atoms with Gasteiger partial charge in [0.2, 0.25) is 0 Å². The molecule has 1 atom stereocenters. The lowest BCUT2D eigenvalue weighted by atomic mass is 10.1. The van der Waals surface area contributed by atoms with Crippen molar-refractivity contribution in [3.05, 3.63) is 77.9 Å². The fourth-order valence-corrected chi connectivity index (χ4v) is 2.33. The number of carbonyl (C=O) groups is 1. The Hall–Kier alpha value is -2.95. The van der Waals surface area contributed by atoms with E-state index in [1.165, 1.54) is 11.9 Å². The number of benzene rings is 2. The first-order valence-corrected chi connectivity index (χ1v) is 7.46. The number of aryl methyl sites for hydroxylation is 1. The molecule has 1 heterocycles. The Morgan fingerprint density at radius 2 is 1.78 bits per heavy atom. The molecule has 0 fully saturated rings. The van der Waals surface area contributed by atoms with Crippen LogP contribution in [0.4, 0.5) is 0 Å². The highest BCUT2D eigenvalue weighted by Crippen LogP contribution is 2.14. The minimum Gasteiger partial charge on any atom is -0.346 e. The van der Waals surface area contributed by atoms with Crippen LogP contribution in [0, 0.1) is 6.92 Å². The first-order valence-electron chi connectivity index (χ1n) is 7.46. The third-order valence-corrected chi connectivity index (χ3v) is 3.74. The van der Waals surface area contributed by atoms with Crippen molar-refractivity contribution in [1.82, 2.24) is 20.1 Å². The highest BCUT2D eigenvalue weighted by atomic mass is 16.1. The van der Waals surface area contributed by atoms with Gasteiger partial charge in [-0.3, -0.25) is 4.79 Å². The summed E-state index contributed by atoms with van der Waals surface area (Å²) in [5.41, 5.74) is 3.78. The summed E-state index contributed by atoms with van der Waals surface area (Å²) in [6.07, 6.45) is 3.10. The van der Waals surface area contributed by atoms with Crippen molar-refractivity contribution >= 4 is 5.91 Å². The van der Waals surface area contributed by atoms with Gasteiger partial charge in [-0.2, -0.15) is 5.10 Å². The predicted molar refractivity (Wildman–Crippen MR) is 88.4 cm³/mol. The summed E-state index contributed by atoms with van der Waals surface area (Å²) in [5, 5.41) is 7.07. The van der Waals surface area contributed by atoms with Crippen LogP contribution < -0.4 is 5.32 Å². The van der Waals surface area contributed by atoms with Crippen molar-refractivity contribution in [2.24, 2.45) is 0 Å². The standard InChI is InChI=1S/C18H18N4O/c1-13-3-5-15(6-4-13)14(2)21-18(23)16-7-9-17(10-8-16)22-12-19-11-20-22/h3-12,14H,1-2H3,(H,21,23). The van der Waals surface area contributed by atoms with Crippen molar-refractivity contribution < 1.29 is 4.79 Å². The van der Waals surface area contributed by atoms with Crippen LogP contribution in [-0.2, 0) is 0 Å². The van der Waals surface area contributed by atoms with Gasteiger partial charge in [-0.05, 0) is 43.7 Å². The fraction of sp³-hybridized carbons (Fsp3) is 0.167. The van der Waals surface area contributed by atoms with E-state index in [2.05, 4.69) is 15.4 Å². The molecule has 0 spiro atoms. The number of amides is 1. The second-order valence-corrected chi connectivity index (χ2v) is 5.49. The molecular weight excluding hydrogens is 288 g/mol. The van der Waals surface area contributed by atoms with E-state index in [-0.39, 0.29) is 11.9 Å². The van der Waals surface area contributed by atoms with E-state index in [0.29, 0.717) is 5.56 Å². The average molecular weight is 306 g/mol. The Labute approximate surface area is 135 Å². The van der Waals surface area contributed by atoms with E-state index in [9.17, 15) is 4.79 Å². The van der Waals surface area contributed by atoms with Crippen molar-refractivity contribution in [3.8, 4) is 5.69 Å². The van der Waals surface area contributed by atoms with Gasteiger partial charge in [0.1, 0.15) is 12.7 Å². The molecule has 1 amide bonds. The van der Waals surface area contributed by atoms with E-state index in [1.807, 2.05) is 50.2 Å². The monoisotopic (exact) mass is 306 g/mol. The van der Waals surface area contributed by atoms with Gasteiger partial charge in [0.25, 0.3) is 5.91 Å². The Kier molecular flexibility index (Phi) is 4.19. The average Bonchev–Trinajstić information content (AvgIpc) is 3.10. The molecular formula is C18H18N4O. The summed E-state index contributed by atoms with van der Waals surface area (Å²) in [6.45, 7) is 4.02. The zero-order valence-electron chi connectivity index (χ0n) is 13.1. The van der Waals surface area contributed by atoms with Crippen LogP contribution in [0.5, 0.6) is 0 Å². The number of aromatic nitrogens is 3. The van der Waals surface area contributed by atoms with E-state index in [4.69, 9.17) is 0 Å². The Balaban J connectivity index is 1.69. The van der Waals surface area contributed by atoms with Gasteiger partial charge >= 0.3 is 0 Å². The number of nitrogens with one attached hydrogen (secondary N) is 1. The van der Waals surface area contributed by atoms with Crippen molar-refractivity contribution in [2.45, 2.75) is 19.9 Å². The molecule has 0 saturated carbocycles. The maximum Gasteiger partial charge on any atom is 0.251 e. The predicted octanol–water partition coefficient (Wildman–Crippen LogP) is 3.07. The van der Waals surface area contributed by atoms with E-state index >= 15 is 0 Å². The quantitative estimate of drug-likeness (QED) is 0.806. The van der Waals surface area contributed by atoms with Crippen molar-refractivity contribution in [2.75, 3.05) is 0 Å². The maximum absolute atomic E-state index is 12.3. The number of carbonyl (C=O) groups excluding carboxylic acids is 1. The summed E-state index contributed by atoms with van der Waals surface area (Å²) in [4.78, 5) is 16.3. The molecule has 1 unspecified atom stereocenters. The Morgan fingerprint density at radius 3 is 2.39 bits per heavy atom. The summed E-state index contributed by atoms with van der Waals surface area (Å²) < 4.78 is 1.65. The molecule has 3 rings (SSSR count). The Bertz CT molecular complexity index is 777. The molecule has 5 heteroatoms. The zero-order valence-corrected chi connectivity index (χ0v) is 13.1. The summed E-state index contributed by atoms with van der Waals surface area (Å²) >= 11 is 0. The molecule has 0 bridgehead atoms. The smallest absolute Gasteiger partial charge is 0.251 e. The topological polar surface area (TPSA) is 59.8 Å². The number of hydrogen-bond donors (Lipinski definition) is 1.